The van der Waals surface area contributed by atoms with Crippen LogP contribution in [0.4, 0.5) is 10.1 Å². The summed E-state index contributed by atoms with van der Waals surface area (Å²) in [7, 11) is 0. The van der Waals surface area contributed by atoms with E-state index in [0.29, 0.717) is 10.9 Å². The maximum atomic E-state index is 13.1. The Balaban J connectivity index is 2.02. The van der Waals surface area contributed by atoms with E-state index in [4.69, 9.17) is 4.74 Å². The van der Waals surface area contributed by atoms with Crippen LogP contribution in [-0.2, 0) is 4.74 Å². The molecule has 0 atom stereocenters. The first-order valence-electron chi connectivity index (χ1n) is 5.08. The van der Waals surface area contributed by atoms with Crippen LogP contribution in [0.3, 0.4) is 0 Å². The summed E-state index contributed by atoms with van der Waals surface area (Å²) in [6, 6.07) is 5.11. The van der Waals surface area contributed by atoms with Crippen LogP contribution in [0.5, 0.6) is 0 Å². The van der Waals surface area contributed by atoms with Gasteiger partial charge in [-0.3, -0.25) is 0 Å². The lowest BCUT2D eigenvalue weighted by Crippen LogP contribution is -2.27. The molecule has 2 nitrogen and oxygen atoms in total. The second-order valence-electron chi connectivity index (χ2n) is 3.73. The molecule has 1 aromatic rings. The minimum atomic E-state index is -0.253. The highest BCUT2D eigenvalue weighted by molar-refractivity contribution is 7.80. The first kappa shape index (κ1) is 10.8. The summed E-state index contributed by atoms with van der Waals surface area (Å²) in [4.78, 5) is 0.643. The quantitative estimate of drug-likeness (QED) is 0.758. The average molecular weight is 227 g/mol. The number of rotatable bonds is 2. The third-order valence-electron chi connectivity index (χ3n) is 2.47. The molecule has 1 fully saturated rings. The van der Waals surface area contributed by atoms with Crippen molar-refractivity contribution in [1.82, 2.24) is 0 Å². The summed E-state index contributed by atoms with van der Waals surface area (Å²) in [5.41, 5.74) is 0.798. The van der Waals surface area contributed by atoms with E-state index in [1.54, 1.807) is 0 Å². The van der Waals surface area contributed by atoms with Crippen LogP contribution in [0.25, 0.3) is 0 Å². The summed E-state index contributed by atoms with van der Waals surface area (Å²) in [5, 5.41) is 3.29. The summed E-state index contributed by atoms with van der Waals surface area (Å²) in [6.07, 6.45) is 1.94. The van der Waals surface area contributed by atoms with Gasteiger partial charge in [0.05, 0.1) is 0 Å². The first-order chi connectivity index (χ1) is 7.24. The normalized spacial score (nSPS) is 17.7. The molecule has 1 heterocycles. The highest BCUT2D eigenvalue weighted by atomic mass is 32.1. The highest BCUT2D eigenvalue weighted by Crippen LogP contribution is 2.19. The van der Waals surface area contributed by atoms with Gasteiger partial charge < -0.3 is 10.1 Å². The molecule has 1 saturated heterocycles. The Morgan fingerprint density at radius 1 is 1.27 bits per heavy atom. The van der Waals surface area contributed by atoms with E-state index in [9.17, 15) is 4.39 Å². The molecular weight excluding hydrogens is 213 g/mol. The molecule has 2 rings (SSSR count). The smallest absolute Gasteiger partial charge is 0.126 e. The van der Waals surface area contributed by atoms with E-state index >= 15 is 0 Å². The maximum Gasteiger partial charge on any atom is 0.126 e. The van der Waals surface area contributed by atoms with Crippen molar-refractivity contribution in [2.24, 2.45) is 0 Å². The van der Waals surface area contributed by atoms with E-state index in [-0.39, 0.29) is 5.82 Å². The Bertz CT molecular complexity index is 319. The lowest BCUT2D eigenvalue weighted by Gasteiger charge is -2.24. The van der Waals surface area contributed by atoms with Gasteiger partial charge in [0.1, 0.15) is 5.82 Å². The molecule has 0 amide bonds. The number of nitrogens with one attached hydrogen (secondary N) is 1. The maximum absolute atomic E-state index is 13.1. The van der Waals surface area contributed by atoms with Gasteiger partial charge in [-0.25, -0.2) is 4.39 Å². The van der Waals surface area contributed by atoms with Gasteiger partial charge in [0, 0.05) is 29.8 Å². The van der Waals surface area contributed by atoms with Crippen molar-refractivity contribution in [2.45, 2.75) is 23.8 Å². The van der Waals surface area contributed by atoms with Gasteiger partial charge in [0.2, 0.25) is 0 Å². The van der Waals surface area contributed by atoms with Gasteiger partial charge in [-0.15, -0.1) is 12.6 Å². The number of ether oxygens (including phenoxy) is 1. The average Bonchev–Trinajstić information content (AvgIpc) is 2.17. The molecule has 1 N–H and O–H groups in total. The summed E-state index contributed by atoms with van der Waals surface area (Å²) in [5.74, 6) is -0.253. The molecule has 0 spiro atoms. The molecule has 0 aromatic heterocycles. The molecule has 0 bridgehead atoms. The Morgan fingerprint density at radius 2 is 2.00 bits per heavy atom. The van der Waals surface area contributed by atoms with Crippen LogP contribution in [0.1, 0.15) is 12.8 Å². The van der Waals surface area contributed by atoms with Crippen molar-refractivity contribution in [2.75, 3.05) is 18.5 Å². The lowest BCUT2D eigenvalue weighted by atomic mass is 10.1. The minimum Gasteiger partial charge on any atom is -0.382 e. The minimum absolute atomic E-state index is 0.253. The molecule has 0 saturated carbocycles. The van der Waals surface area contributed by atoms with Gasteiger partial charge in [-0.1, -0.05) is 0 Å². The van der Waals surface area contributed by atoms with E-state index in [1.807, 2.05) is 6.07 Å². The van der Waals surface area contributed by atoms with Crippen molar-refractivity contribution in [1.29, 1.82) is 0 Å². The van der Waals surface area contributed by atoms with Gasteiger partial charge >= 0.3 is 0 Å². The van der Waals surface area contributed by atoms with Gasteiger partial charge in [-0.2, -0.15) is 0 Å². The van der Waals surface area contributed by atoms with Crippen LogP contribution in [0.15, 0.2) is 23.1 Å². The topological polar surface area (TPSA) is 21.3 Å². The molecular formula is C11H14FNOS. The summed E-state index contributed by atoms with van der Waals surface area (Å²) in [6.45, 7) is 1.56. The molecule has 1 aliphatic heterocycles. The van der Waals surface area contributed by atoms with E-state index in [2.05, 4.69) is 17.9 Å². The number of hydrogen-bond donors (Lipinski definition) is 2. The summed E-state index contributed by atoms with van der Waals surface area (Å²) >= 11 is 4.14. The fourth-order valence-corrected chi connectivity index (χ4v) is 2.00. The SMILES string of the molecule is Fc1cc(S)cc(NC2CCOCC2)c1. The fraction of sp³-hybridized carbons (Fsp3) is 0.455. The molecule has 0 radical (unpaired) electrons. The Morgan fingerprint density at radius 3 is 2.67 bits per heavy atom. The first-order valence-corrected chi connectivity index (χ1v) is 5.52. The van der Waals surface area contributed by atoms with Crippen LogP contribution >= 0.6 is 12.6 Å². The molecule has 0 aliphatic carbocycles. The van der Waals surface area contributed by atoms with Crippen LogP contribution in [0.2, 0.25) is 0 Å². The molecule has 1 aliphatic rings. The molecule has 4 heteroatoms. The van der Waals surface area contributed by atoms with Gasteiger partial charge in [0.15, 0.2) is 0 Å². The number of halogens is 1. The fourth-order valence-electron chi connectivity index (χ4n) is 1.74. The predicted molar refractivity (Wildman–Crippen MR) is 61.1 cm³/mol. The van der Waals surface area contributed by atoms with Crippen molar-refractivity contribution < 1.29 is 9.13 Å². The van der Waals surface area contributed by atoms with Crippen molar-refractivity contribution in [3.8, 4) is 0 Å². The van der Waals surface area contributed by atoms with E-state index in [1.165, 1.54) is 12.1 Å². The third kappa shape index (κ3) is 3.11. The molecule has 0 unspecified atom stereocenters. The second kappa shape index (κ2) is 4.86. The van der Waals surface area contributed by atoms with E-state index < -0.39 is 0 Å². The Hall–Kier alpha value is -0.740. The zero-order chi connectivity index (χ0) is 10.7. The number of thiol groups is 1. The van der Waals surface area contributed by atoms with E-state index in [0.717, 1.165) is 31.7 Å². The van der Waals surface area contributed by atoms with Crippen LogP contribution < -0.4 is 5.32 Å². The zero-order valence-electron chi connectivity index (χ0n) is 8.37. The third-order valence-corrected chi connectivity index (χ3v) is 2.73. The monoisotopic (exact) mass is 227 g/mol. The van der Waals surface area contributed by atoms with Gasteiger partial charge in [-0.05, 0) is 31.0 Å². The highest BCUT2D eigenvalue weighted by Gasteiger charge is 2.13. The standard InChI is InChI=1S/C11H14FNOS/c12-8-5-10(7-11(15)6-8)13-9-1-3-14-4-2-9/h5-7,9,13,15H,1-4H2. The van der Waals surface area contributed by atoms with Crippen molar-refractivity contribution in [3.05, 3.63) is 24.0 Å². The van der Waals surface area contributed by atoms with Crippen LogP contribution in [0, 0.1) is 5.82 Å². The molecule has 15 heavy (non-hydrogen) atoms. The Kier molecular flexibility index (Phi) is 3.49. The predicted octanol–water partition coefficient (Wildman–Crippen LogP) is 2.71. The summed E-state index contributed by atoms with van der Waals surface area (Å²) < 4.78 is 18.3. The number of anilines is 1. The molecule has 1 aromatic carbocycles. The Labute approximate surface area is 94.2 Å². The second-order valence-corrected chi connectivity index (χ2v) is 4.25. The molecule has 82 valence electrons. The lowest BCUT2D eigenvalue weighted by molar-refractivity contribution is 0.0904. The van der Waals surface area contributed by atoms with Crippen molar-refractivity contribution in [3.63, 3.8) is 0 Å². The largest absolute Gasteiger partial charge is 0.382 e. The zero-order valence-corrected chi connectivity index (χ0v) is 9.27. The van der Waals surface area contributed by atoms with Crippen molar-refractivity contribution >= 4 is 18.3 Å². The number of hydrogen-bond acceptors (Lipinski definition) is 3. The number of benzene rings is 1. The van der Waals surface area contributed by atoms with Gasteiger partial charge in [0.25, 0.3) is 0 Å². The van der Waals surface area contributed by atoms with Crippen LogP contribution in [-0.4, -0.2) is 19.3 Å².